The molecule has 1 N–H and O–H groups in total. The molecule has 12 heteroatoms. The van der Waals surface area contributed by atoms with Crippen LogP contribution < -0.4 is 10.9 Å². The van der Waals surface area contributed by atoms with Crippen molar-refractivity contribution in [2.24, 2.45) is 0 Å². The molecule has 0 saturated heterocycles. The Morgan fingerprint density at radius 2 is 2.06 bits per heavy atom. The monoisotopic (exact) mass is 460 g/mol. The van der Waals surface area contributed by atoms with E-state index in [4.69, 9.17) is 0 Å². The molecule has 5 rings (SSSR count). The predicted octanol–water partition coefficient (Wildman–Crippen LogP) is 3.18. The number of amides is 1. The van der Waals surface area contributed by atoms with E-state index in [1.165, 1.54) is 45.6 Å². The van der Waals surface area contributed by atoms with Gasteiger partial charge in [0.15, 0.2) is 0 Å². The van der Waals surface area contributed by atoms with Crippen LogP contribution in [0.2, 0.25) is 0 Å². The number of aromatic nitrogens is 5. The molecular weight excluding hydrogens is 445 g/mol. The van der Waals surface area contributed by atoms with Gasteiger partial charge in [-0.25, -0.2) is 14.6 Å². The molecule has 32 heavy (non-hydrogen) atoms. The van der Waals surface area contributed by atoms with E-state index < -0.39 is 17.6 Å². The van der Waals surface area contributed by atoms with Crippen molar-refractivity contribution in [1.82, 2.24) is 24.3 Å². The zero-order chi connectivity index (χ0) is 22.5. The Hall–Kier alpha value is -3.54. The lowest BCUT2D eigenvalue weighted by Gasteiger charge is -2.14. The van der Waals surface area contributed by atoms with Crippen LogP contribution in [-0.4, -0.2) is 30.2 Å². The molecule has 3 aromatic heterocycles. The molecule has 0 atom stereocenters. The summed E-state index contributed by atoms with van der Waals surface area (Å²) in [7, 11) is 0. The summed E-state index contributed by atoms with van der Waals surface area (Å²) < 4.78 is 42.0. The van der Waals surface area contributed by atoms with Crippen molar-refractivity contribution in [2.45, 2.75) is 32.0 Å². The first kappa shape index (κ1) is 20.4. The van der Waals surface area contributed by atoms with Gasteiger partial charge in [0.05, 0.1) is 28.7 Å². The van der Waals surface area contributed by atoms with Crippen LogP contribution in [0.1, 0.15) is 22.4 Å². The van der Waals surface area contributed by atoms with E-state index in [1.807, 2.05) is 0 Å². The zero-order valence-electron chi connectivity index (χ0n) is 16.4. The summed E-state index contributed by atoms with van der Waals surface area (Å²) in [6.07, 6.45) is 1.92. The number of alkyl halides is 3. The largest absolute Gasteiger partial charge is 0.416 e. The number of carbonyl (C=O) groups is 1. The molecular formula is C20H15F3N6O2S. The smallest absolute Gasteiger partial charge is 0.323 e. The first-order chi connectivity index (χ1) is 15.3. The number of benzene rings is 1. The second kappa shape index (κ2) is 7.55. The Morgan fingerprint density at radius 1 is 1.22 bits per heavy atom. The first-order valence-corrected chi connectivity index (χ1v) is 10.5. The van der Waals surface area contributed by atoms with E-state index in [9.17, 15) is 22.8 Å². The average Bonchev–Trinajstić information content (AvgIpc) is 3.46. The second-order valence-electron chi connectivity index (χ2n) is 7.33. The van der Waals surface area contributed by atoms with E-state index in [0.717, 1.165) is 41.8 Å². The van der Waals surface area contributed by atoms with Crippen molar-refractivity contribution in [3.05, 3.63) is 63.5 Å². The fraction of sp³-hybridized carbons (Fsp3) is 0.250. The van der Waals surface area contributed by atoms with E-state index >= 15 is 0 Å². The summed E-state index contributed by atoms with van der Waals surface area (Å²) in [5, 5.41) is 6.91. The SMILES string of the molecule is O=C(Cn1cnc2sc3c(c2c1=O)CCC3)Nc1cc(C(F)(F)F)ccc1-n1cncn1. The fourth-order valence-corrected chi connectivity index (χ4v) is 5.04. The van der Waals surface area contributed by atoms with Crippen LogP contribution in [0.25, 0.3) is 15.9 Å². The minimum atomic E-state index is -4.59. The summed E-state index contributed by atoms with van der Waals surface area (Å²) in [4.78, 5) is 35.5. The molecule has 0 bridgehead atoms. The lowest BCUT2D eigenvalue weighted by Crippen LogP contribution is -2.28. The predicted molar refractivity (Wildman–Crippen MR) is 111 cm³/mol. The Bertz CT molecular complexity index is 1390. The van der Waals surface area contributed by atoms with Crippen LogP contribution in [-0.2, 0) is 30.4 Å². The average molecular weight is 460 g/mol. The fourth-order valence-electron chi connectivity index (χ4n) is 3.82. The molecule has 0 aliphatic heterocycles. The molecule has 0 spiro atoms. The highest BCUT2D eigenvalue weighted by Gasteiger charge is 2.31. The van der Waals surface area contributed by atoms with Crippen LogP contribution >= 0.6 is 11.3 Å². The van der Waals surface area contributed by atoms with Gasteiger partial charge in [0.1, 0.15) is 24.0 Å². The Labute approximate surface area is 182 Å². The second-order valence-corrected chi connectivity index (χ2v) is 8.42. The molecule has 0 fully saturated rings. The summed E-state index contributed by atoms with van der Waals surface area (Å²) in [6.45, 7) is -0.389. The van der Waals surface area contributed by atoms with Gasteiger partial charge in [-0.3, -0.25) is 14.2 Å². The first-order valence-electron chi connectivity index (χ1n) is 9.67. The van der Waals surface area contributed by atoms with Crippen molar-refractivity contribution >= 4 is 33.1 Å². The van der Waals surface area contributed by atoms with E-state index in [1.54, 1.807) is 0 Å². The molecule has 4 aromatic rings. The van der Waals surface area contributed by atoms with Crippen LogP contribution in [0.3, 0.4) is 0 Å². The van der Waals surface area contributed by atoms with Gasteiger partial charge in [-0.2, -0.15) is 18.3 Å². The van der Waals surface area contributed by atoms with Crippen molar-refractivity contribution in [3.8, 4) is 5.69 Å². The highest BCUT2D eigenvalue weighted by atomic mass is 32.1. The number of carbonyl (C=O) groups excluding carboxylic acids is 1. The summed E-state index contributed by atoms with van der Waals surface area (Å²) in [5.41, 5.74) is -0.159. The maximum absolute atomic E-state index is 13.2. The van der Waals surface area contributed by atoms with Gasteiger partial charge in [-0.1, -0.05) is 0 Å². The Morgan fingerprint density at radius 3 is 2.81 bits per heavy atom. The van der Waals surface area contributed by atoms with Gasteiger partial charge in [-0.05, 0) is 43.0 Å². The molecule has 3 heterocycles. The topological polar surface area (TPSA) is 94.7 Å². The van der Waals surface area contributed by atoms with Crippen molar-refractivity contribution in [3.63, 3.8) is 0 Å². The minimum Gasteiger partial charge on any atom is -0.323 e. The number of rotatable bonds is 4. The third-order valence-corrected chi connectivity index (χ3v) is 6.47. The number of fused-ring (bicyclic) bond motifs is 3. The zero-order valence-corrected chi connectivity index (χ0v) is 17.2. The van der Waals surface area contributed by atoms with Crippen LogP contribution in [0.5, 0.6) is 0 Å². The van der Waals surface area contributed by atoms with Crippen LogP contribution in [0, 0.1) is 0 Å². The molecule has 1 aromatic carbocycles. The number of nitrogens with one attached hydrogen (secondary N) is 1. The molecule has 0 saturated carbocycles. The van der Waals surface area contributed by atoms with Gasteiger partial charge in [-0.15, -0.1) is 11.3 Å². The van der Waals surface area contributed by atoms with Crippen molar-refractivity contribution in [1.29, 1.82) is 0 Å². The normalized spacial score (nSPS) is 13.5. The number of aryl methyl sites for hydroxylation is 2. The summed E-state index contributed by atoms with van der Waals surface area (Å²) >= 11 is 1.49. The lowest BCUT2D eigenvalue weighted by molar-refractivity contribution is -0.137. The van der Waals surface area contributed by atoms with Crippen LogP contribution in [0.4, 0.5) is 18.9 Å². The molecule has 8 nitrogen and oxygen atoms in total. The molecule has 1 amide bonds. The molecule has 164 valence electrons. The maximum atomic E-state index is 13.2. The third kappa shape index (κ3) is 3.55. The number of hydrogen-bond donors (Lipinski definition) is 1. The van der Waals surface area contributed by atoms with E-state index in [-0.39, 0.29) is 23.5 Å². The number of halogens is 3. The minimum absolute atomic E-state index is 0.103. The van der Waals surface area contributed by atoms with Gasteiger partial charge >= 0.3 is 6.18 Å². The van der Waals surface area contributed by atoms with E-state index in [0.29, 0.717) is 10.2 Å². The highest BCUT2D eigenvalue weighted by molar-refractivity contribution is 7.18. The van der Waals surface area contributed by atoms with Crippen LogP contribution in [0.15, 0.2) is 42.0 Å². The lowest BCUT2D eigenvalue weighted by atomic mass is 10.1. The summed E-state index contributed by atoms with van der Waals surface area (Å²) in [6, 6.07) is 2.92. The quantitative estimate of drug-likeness (QED) is 0.505. The molecule has 1 aliphatic rings. The number of anilines is 1. The maximum Gasteiger partial charge on any atom is 0.416 e. The number of hydrogen-bond acceptors (Lipinski definition) is 6. The molecule has 0 unspecified atom stereocenters. The third-order valence-electron chi connectivity index (χ3n) is 5.27. The Balaban J connectivity index is 1.46. The number of nitrogens with zero attached hydrogens (tertiary/aromatic N) is 5. The van der Waals surface area contributed by atoms with Gasteiger partial charge in [0.25, 0.3) is 5.56 Å². The molecule has 1 aliphatic carbocycles. The highest BCUT2D eigenvalue weighted by Crippen LogP contribution is 2.35. The Kier molecular flexibility index (Phi) is 4.81. The standard InChI is InChI=1S/C20H15F3N6O2S/c21-20(22,23)11-4-5-14(29-9-24-8-26-29)13(6-11)27-16(30)7-28-10-25-18-17(19(28)31)12-2-1-3-15(12)32-18/h4-6,8-10H,1-3,7H2,(H,27,30). The van der Waals surface area contributed by atoms with Gasteiger partial charge < -0.3 is 5.32 Å². The van der Waals surface area contributed by atoms with E-state index in [2.05, 4.69) is 20.4 Å². The number of thiophene rings is 1. The van der Waals surface area contributed by atoms with Gasteiger partial charge in [0.2, 0.25) is 5.91 Å². The molecule has 0 radical (unpaired) electrons. The summed E-state index contributed by atoms with van der Waals surface area (Å²) in [5.74, 6) is -0.666. The van der Waals surface area contributed by atoms with Gasteiger partial charge in [0, 0.05) is 4.88 Å². The van der Waals surface area contributed by atoms with Crippen molar-refractivity contribution in [2.75, 3.05) is 5.32 Å². The van der Waals surface area contributed by atoms with Crippen molar-refractivity contribution < 1.29 is 18.0 Å².